The Morgan fingerprint density at radius 3 is 2.86 bits per heavy atom. The fraction of sp³-hybridized carbons (Fsp3) is 0.200. The Labute approximate surface area is 127 Å². The molecular weight excluding hydrogens is 293 g/mol. The maximum Gasteiger partial charge on any atom is 0.255 e. The summed E-state index contributed by atoms with van der Waals surface area (Å²) < 4.78 is 13.3. The van der Waals surface area contributed by atoms with Crippen LogP contribution < -0.4 is 10.6 Å². The number of aromatic nitrogens is 1. The average Bonchev–Trinajstić information content (AvgIpc) is 2.48. The Morgan fingerprint density at radius 1 is 1.38 bits per heavy atom. The Bertz CT molecular complexity index is 649. The van der Waals surface area contributed by atoms with Crippen molar-refractivity contribution in [2.45, 2.75) is 13.5 Å². The summed E-state index contributed by atoms with van der Waals surface area (Å²) in [6, 6.07) is 8.37. The molecule has 6 heteroatoms. The van der Waals surface area contributed by atoms with Gasteiger partial charge >= 0.3 is 0 Å². The second-order valence-corrected chi connectivity index (χ2v) is 4.76. The summed E-state index contributed by atoms with van der Waals surface area (Å²) in [5.74, 6) is -0.604. The molecule has 0 bridgehead atoms. The highest BCUT2D eigenvalue weighted by atomic mass is 35.5. The van der Waals surface area contributed by atoms with E-state index in [2.05, 4.69) is 15.6 Å². The maximum atomic E-state index is 13.3. The number of anilines is 1. The SMILES string of the molecule is CCNc1ncc(F)cc1C(=O)NCc1ccccc1Cl. The molecule has 0 aliphatic rings. The van der Waals surface area contributed by atoms with Gasteiger partial charge < -0.3 is 10.6 Å². The molecule has 1 heterocycles. The smallest absolute Gasteiger partial charge is 0.255 e. The van der Waals surface area contributed by atoms with Gasteiger partial charge in [0.25, 0.3) is 5.91 Å². The molecule has 0 saturated heterocycles. The molecule has 21 heavy (non-hydrogen) atoms. The highest BCUT2D eigenvalue weighted by Gasteiger charge is 2.14. The molecule has 0 unspecified atom stereocenters. The van der Waals surface area contributed by atoms with E-state index in [1.54, 1.807) is 6.07 Å². The molecule has 0 radical (unpaired) electrons. The second-order valence-electron chi connectivity index (χ2n) is 4.35. The third kappa shape index (κ3) is 3.92. The van der Waals surface area contributed by atoms with Crippen LogP contribution in [0.2, 0.25) is 5.02 Å². The van der Waals surface area contributed by atoms with Gasteiger partial charge in [-0.1, -0.05) is 29.8 Å². The maximum absolute atomic E-state index is 13.3. The van der Waals surface area contributed by atoms with Crippen molar-refractivity contribution in [3.63, 3.8) is 0 Å². The molecule has 4 nitrogen and oxygen atoms in total. The number of halogens is 2. The van der Waals surface area contributed by atoms with Crippen LogP contribution in [0.5, 0.6) is 0 Å². The van der Waals surface area contributed by atoms with Gasteiger partial charge in [-0.15, -0.1) is 0 Å². The largest absolute Gasteiger partial charge is 0.370 e. The highest BCUT2D eigenvalue weighted by molar-refractivity contribution is 6.31. The van der Waals surface area contributed by atoms with Gasteiger partial charge in [-0.3, -0.25) is 4.79 Å². The first kappa shape index (κ1) is 15.3. The van der Waals surface area contributed by atoms with E-state index in [-0.39, 0.29) is 12.1 Å². The van der Waals surface area contributed by atoms with Crippen LogP contribution in [0.1, 0.15) is 22.8 Å². The molecular formula is C15H15ClFN3O. The number of rotatable bonds is 5. The Kier molecular flexibility index (Phi) is 5.11. The van der Waals surface area contributed by atoms with Crippen molar-refractivity contribution in [1.29, 1.82) is 0 Å². The number of pyridine rings is 1. The topological polar surface area (TPSA) is 54.0 Å². The summed E-state index contributed by atoms with van der Waals surface area (Å²) in [6.45, 7) is 2.72. The van der Waals surface area contributed by atoms with Crippen LogP contribution in [0.4, 0.5) is 10.2 Å². The van der Waals surface area contributed by atoms with Crippen LogP contribution in [0, 0.1) is 5.82 Å². The Balaban J connectivity index is 2.13. The minimum atomic E-state index is -0.556. The molecule has 1 amide bonds. The summed E-state index contributed by atoms with van der Waals surface area (Å²) in [4.78, 5) is 16.1. The predicted octanol–water partition coefficient (Wildman–Crippen LogP) is 3.24. The van der Waals surface area contributed by atoms with E-state index in [9.17, 15) is 9.18 Å². The summed E-state index contributed by atoms with van der Waals surface area (Å²) in [6.07, 6.45) is 1.07. The van der Waals surface area contributed by atoms with Gasteiger partial charge in [-0.25, -0.2) is 9.37 Å². The number of hydrogen-bond acceptors (Lipinski definition) is 3. The van der Waals surface area contributed by atoms with E-state index in [4.69, 9.17) is 11.6 Å². The van der Waals surface area contributed by atoms with Crippen LogP contribution in [0.3, 0.4) is 0 Å². The Morgan fingerprint density at radius 2 is 2.14 bits per heavy atom. The second kappa shape index (κ2) is 7.04. The van der Waals surface area contributed by atoms with Crippen molar-refractivity contribution in [2.24, 2.45) is 0 Å². The molecule has 0 aliphatic heterocycles. The van der Waals surface area contributed by atoms with E-state index in [1.807, 2.05) is 25.1 Å². The minimum absolute atomic E-state index is 0.170. The molecule has 2 aromatic rings. The molecule has 110 valence electrons. The van der Waals surface area contributed by atoms with Crippen LogP contribution >= 0.6 is 11.6 Å². The summed E-state index contributed by atoms with van der Waals surface area (Å²) in [7, 11) is 0. The van der Waals surface area contributed by atoms with E-state index in [1.165, 1.54) is 0 Å². The number of nitrogens with zero attached hydrogens (tertiary/aromatic N) is 1. The lowest BCUT2D eigenvalue weighted by atomic mass is 10.2. The summed E-state index contributed by atoms with van der Waals surface area (Å²) in [5.41, 5.74) is 0.964. The summed E-state index contributed by atoms with van der Waals surface area (Å²) >= 11 is 6.02. The normalized spacial score (nSPS) is 10.2. The Hall–Kier alpha value is -2.14. The van der Waals surface area contributed by atoms with Crippen molar-refractivity contribution < 1.29 is 9.18 Å². The van der Waals surface area contributed by atoms with Crippen LogP contribution in [-0.4, -0.2) is 17.4 Å². The molecule has 2 rings (SSSR count). The van der Waals surface area contributed by atoms with Gasteiger partial charge in [-0.2, -0.15) is 0 Å². The third-order valence-corrected chi connectivity index (χ3v) is 3.21. The fourth-order valence-corrected chi connectivity index (χ4v) is 2.04. The highest BCUT2D eigenvalue weighted by Crippen LogP contribution is 2.16. The van der Waals surface area contributed by atoms with Gasteiger partial charge in [0.1, 0.15) is 11.6 Å². The van der Waals surface area contributed by atoms with E-state index < -0.39 is 11.7 Å². The zero-order chi connectivity index (χ0) is 15.2. The summed E-state index contributed by atoms with van der Waals surface area (Å²) in [5, 5.41) is 6.21. The van der Waals surface area contributed by atoms with E-state index in [0.717, 1.165) is 17.8 Å². The lowest BCUT2D eigenvalue weighted by Crippen LogP contribution is -2.24. The molecule has 0 fully saturated rings. The van der Waals surface area contributed by atoms with E-state index in [0.29, 0.717) is 17.4 Å². The zero-order valence-corrected chi connectivity index (χ0v) is 12.2. The number of hydrogen-bond donors (Lipinski definition) is 2. The molecule has 2 N–H and O–H groups in total. The van der Waals surface area contributed by atoms with Gasteiger partial charge in [-0.05, 0) is 24.6 Å². The van der Waals surface area contributed by atoms with Crippen LogP contribution in [0.15, 0.2) is 36.5 Å². The standard InChI is InChI=1S/C15H15ClFN3O/c1-2-18-14-12(7-11(17)9-19-14)15(21)20-8-10-5-3-4-6-13(10)16/h3-7,9H,2,8H2,1H3,(H,18,19)(H,20,21). The van der Waals surface area contributed by atoms with Gasteiger partial charge in [0.2, 0.25) is 0 Å². The number of carbonyl (C=O) groups is 1. The van der Waals surface area contributed by atoms with Gasteiger partial charge in [0, 0.05) is 18.1 Å². The van der Waals surface area contributed by atoms with Gasteiger partial charge in [0.15, 0.2) is 0 Å². The first-order valence-corrected chi connectivity index (χ1v) is 6.90. The zero-order valence-electron chi connectivity index (χ0n) is 11.5. The molecule has 1 aromatic carbocycles. The monoisotopic (exact) mass is 307 g/mol. The van der Waals surface area contributed by atoms with Crippen molar-refractivity contribution in [3.8, 4) is 0 Å². The predicted molar refractivity (Wildman–Crippen MR) is 81.0 cm³/mol. The van der Waals surface area contributed by atoms with Crippen LogP contribution in [-0.2, 0) is 6.54 Å². The van der Waals surface area contributed by atoms with Crippen molar-refractivity contribution in [1.82, 2.24) is 10.3 Å². The average molecular weight is 308 g/mol. The third-order valence-electron chi connectivity index (χ3n) is 2.84. The molecule has 0 aliphatic carbocycles. The van der Waals surface area contributed by atoms with Crippen LogP contribution in [0.25, 0.3) is 0 Å². The number of carbonyl (C=O) groups excluding carboxylic acids is 1. The van der Waals surface area contributed by atoms with Crippen molar-refractivity contribution >= 4 is 23.3 Å². The molecule has 0 atom stereocenters. The first-order chi connectivity index (χ1) is 10.1. The number of amides is 1. The fourth-order valence-electron chi connectivity index (χ4n) is 1.83. The van der Waals surface area contributed by atoms with Crippen molar-refractivity contribution in [2.75, 3.05) is 11.9 Å². The first-order valence-electron chi connectivity index (χ1n) is 6.53. The molecule has 0 saturated carbocycles. The number of nitrogens with one attached hydrogen (secondary N) is 2. The quantitative estimate of drug-likeness (QED) is 0.891. The molecule has 0 spiro atoms. The lowest BCUT2D eigenvalue weighted by Gasteiger charge is -2.11. The van der Waals surface area contributed by atoms with Crippen molar-refractivity contribution in [3.05, 3.63) is 58.5 Å². The minimum Gasteiger partial charge on any atom is -0.370 e. The van der Waals surface area contributed by atoms with E-state index >= 15 is 0 Å². The van der Waals surface area contributed by atoms with Gasteiger partial charge in [0.05, 0.1) is 11.8 Å². The lowest BCUT2D eigenvalue weighted by molar-refractivity contribution is 0.0951. The number of benzene rings is 1. The molecule has 1 aromatic heterocycles.